The van der Waals surface area contributed by atoms with Crippen LogP contribution >= 0.6 is 20.6 Å². The van der Waals surface area contributed by atoms with Crippen molar-refractivity contribution in [1.82, 2.24) is 10.1 Å². The fourth-order valence-electron chi connectivity index (χ4n) is 2.85. The van der Waals surface area contributed by atoms with Crippen LogP contribution in [0.5, 0.6) is 0 Å². The molecule has 2 atom stereocenters. The number of carbonyl (C=O) groups is 1. The van der Waals surface area contributed by atoms with Gasteiger partial charge in [-0.15, -0.1) is 11.3 Å². The van der Waals surface area contributed by atoms with E-state index in [4.69, 9.17) is 4.52 Å². The maximum Gasteiger partial charge on any atom is 0.263 e. The molecule has 7 heteroatoms. The van der Waals surface area contributed by atoms with Gasteiger partial charge in [0.1, 0.15) is 5.69 Å². The number of carbonyl (C=O) groups excluding carboxylic acids is 1. The molecule has 0 aliphatic carbocycles. The lowest BCUT2D eigenvalue weighted by Crippen LogP contribution is -2.35. The van der Waals surface area contributed by atoms with E-state index in [0.29, 0.717) is 16.1 Å². The lowest BCUT2D eigenvalue weighted by molar-refractivity contribution is 0.0729. The molecule has 4 nitrogen and oxygen atoms in total. The Bertz CT molecular complexity index is 714. The van der Waals surface area contributed by atoms with Crippen molar-refractivity contribution < 1.29 is 13.7 Å². The predicted molar refractivity (Wildman–Crippen MR) is 92.5 cm³/mol. The van der Waals surface area contributed by atoms with Crippen molar-refractivity contribution >= 4 is 26.5 Å². The first kappa shape index (κ1) is 16.6. The number of aromatic nitrogens is 1. The summed E-state index contributed by atoms with van der Waals surface area (Å²) in [6, 6.07) is 3.68. The number of halogens is 1. The molecule has 2 aromatic heterocycles. The minimum Gasteiger partial charge on any atom is -0.357 e. The third-order valence-electron chi connectivity index (χ3n) is 4.06. The molecule has 124 valence electrons. The van der Waals surface area contributed by atoms with Gasteiger partial charge >= 0.3 is 0 Å². The number of amides is 1. The Hall–Kier alpha value is -1.26. The predicted octanol–water partition coefficient (Wildman–Crippen LogP) is 4.35. The smallest absolute Gasteiger partial charge is 0.263 e. The highest BCUT2D eigenvalue weighted by atomic mass is 32.1. The molecule has 1 saturated heterocycles. The molecule has 1 fully saturated rings. The highest BCUT2D eigenvalue weighted by Crippen LogP contribution is 2.39. The average molecular weight is 354 g/mol. The Labute approximate surface area is 141 Å². The van der Waals surface area contributed by atoms with Crippen molar-refractivity contribution in [3.8, 4) is 10.6 Å². The summed E-state index contributed by atoms with van der Waals surface area (Å²) >= 11 is 1.38. The van der Waals surface area contributed by atoms with Gasteiger partial charge in [0.25, 0.3) is 5.91 Å². The lowest BCUT2D eigenvalue weighted by atomic mass is 10.1. The summed E-state index contributed by atoms with van der Waals surface area (Å²) in [5.41, 5.74) is 1.28. The Morgan fingerprint density at radius 3 is 2.70 bits per heavy atom. The fourth-order valence-corrected chi connectivity index (χ4v) is 4.14. The van der Waals surface area contributed by atoms with Crippen LogP contribution in [0.4, 0.5) is 4.39 Å². The average Bonchev–Trinajstić information content (AvgIpc) is 3.13. The number of hydrogen-bond donors (Lipinski definition) is 0. The third kappa shape index (κ3) is 3.33. The van der Waals surface area contributed by atoms with Gasteiger partial charge in [-0.05, 0) is 45.2 Å². The van der Waals surface area contributed by atoms with Gasteiger partial charge < -0.3 is 9.42 Å². The van der Waals surface area contributed by atoms with Crippen LogP contribution in [0.3, 0.4) is 0 Å². The minimum absolute atomic E-state index is 0.0729. The lowest BCUT2D eigenvalue weighted by Gasteiger charge is -2.26. The second kappa shape index (κ2) is 6.33. The minimum atomic E-state index is -1.65. The summed E-state index contributed by atoms with van der Waals surface area (Å²) in [5, 5.41) is 2.34. The molecule has 0 bridgehead atoms. The zero-order valence-electron chi connectivity index (χ0n) is 13.3. The summed E-state index contributed by atoms with van der Waals surface area (Å²) in [6.07, 6.45) is 3.33. The van der Waals surface area contributed by atoms with Crippen LogP contribution in [0, 0.1) is 6.92 Å². The topological polar surface area (TPSA) is 46.3 Å². The number of piperidine rings is 1. The SMILES string of the molecule is Cc1c(-c2ccc(C(=O)N3CCCCC3)s2)noc1C(C)(F)P. The zero-order valence-corrected chi connectivity index (χ0v) is 15.2. The molecule has 0 N–H and O–H groups in total. The number of likely N-dealkylation sites (tertiary alicyclic amines) is 1. The number of alkyl halides is 1. The van der Waals surface area contributed by atoms with E-state index in [1.54, 1.807) is 6.92 Å². The molecule has 0 aromatic carbocycles. The van der Waals surface area contributed by atoms with E-state index >= 15 is 0 Å². The summed E-state index contributed by atoms with van der Waals surface area (Å²) in [6.45, 7) is 4.85. The molecular formula is C16H20FN2O2PS. The van der Waals surface area contributed by atoms with Crippen molar-refractivity contribution in [2.75, 3.05) is 13.1 Å². The largest absolute Gasteiger partial charge is 0.357 e. The van der Waals surface area contributed by atoms with Crippen LogP contribution in [0.25, 0.3) is 10.6 Å². The maximum atomic E-state index is 14.1. The van der Waals surface area contributed by atoms with Gasteiger partial charge in [0.2, 0.25) is 0 Å². The normalized spacial score (nSPS) is 18.0. The number of nitrogens with zero attached hydrogens (tertiary/aromatic N) is 2. The first-order valence-corrected chi connectivity index (χ1v) is 9.11. The summed E-state index contributed by atoms with van der Waals surface area (Å²) in [5.74, 6) is 0.276. The molecule has 3 rings (SSSR count). The molecule has 1 aliphatic heterocycles. The number of hydrogen-bond acceptors (Lipinski definition) is 4. The van der Waals surface area contributed by atoms with Gasteiger partial charge in [0, 0.05) is 18.7 Å². The Balaban J connectivity index is 1.85. The van der Waals surface area contributed by atoms with Gasteiger partial charge in [-0.3, -0.25) is 4.79 Å². The van der Waals surface area contributed by atoms with Crippen LogP contribution in [0.2, 0.25) is 0 Å². The van der Waals surface area contributed by atoms with Crippen molar-refractivity contribution in [2.45, 2.75) is 38.5 Å². The first-order valence-electron chi connectivity index (χ1n) is 7.72. The molecular weight excluding hydrogens is 334 g/mol. The molecule has 23 heavy (non-hydrogen) atoms. The van der Waals surface area contributed by atoms with E-state index in [2.05, 4.69) is 14.4 Å². The van der Waals surface area contributed by atoms with Gasteiger partial charge in [-0.2, -0.15) is 0 Å². The molecule has 1 amide bonds. The molecule has 2 aromatic rings. The fraction of sp³-hybridized carbons (Fsp3) is 0.500. The third-order valence-corrected chi connectivity index (χ3v) is 5.40. The van der Waals surface area contributed by atoms with Gasteiger partial charge in [0.15, 0.2) is 11.2 Å². The van der Waals surface area contributed by atoms with Crippen LogP contribution in [-0.2, 0) is 5.41 Å². The van der Waals surface area contributed by atoms with Crippen molar-refractivity contribution in [2.24, 2.45) is 0 Å². The van der Waals surface area contributed by atoms with Crippen molar-refractivity contribution in [3.05, 3.63) is 28.3 Å². The second-order valence-electron chi connectivity index (χ2n) is 6.08. The molecule has 0 radical (unpaired) electrons. The van der Waals surface area contributed by atoms with Crippen molar-refractivity contribution in [1.29, 1.82) is 0 Å². The first-order chi connectivity index (χ1) is 10.9. The molecule has 0 saturated carbocycles. The van der Waals surface area contributed by atoms with E-state index in [0.717, 1.165) is 30.8 Å². The summed E-state index contributed by atoms with van der Waals surface area (Å²) in [4.78, 5) is 15.9. The molecule has 0 spiro atoms. The summed E-state index contributed by atoms with van der Waals surface area (Å²) in [7, 11) is 2.11. The van der Waals surface area contributed by atoms with Gasteiger partial charge in [0.05, 0.1) is 9.75 Å². The Morgan fingerprint density at radius 2 is 2.09 bits per heavy atom. The zero-order chi connectivity index (χ0) is 16.6. The quantitative estimate of drug-likeness (QED) is 0.770. The maximum absolute atomic E-state index is 14.1. The molecule has 1 aliphatic rings. The van der Waals surface area contributed by atoms with E-state index in [-0.39, 0.29) is 11.7 Å². The van der Waals surface area contributed by atoms with Crippen LogP contribution in [0.1, 0.15) is 47.2 Å². The van der Waals surface area contributed by atoms with Gasteiger partial charge in [-0.1, -0.05) is 14.4 Å². The van der Waals surface area contributed by atoms with Crippen LogP contribution in [-0.4, -0.2) is 29.1 Å². The van der Waals surface area contributed by atoms with E-state index in [1.807, 2.05) is 17.0 Å². The highest BCUT2D eigenvalue weighted by Gasteiger charge is 2.30. The standard InChI is InChI=1S/C16H20FN2O2PS/c1-10-13(18-21-14(10)16(2,17)22)11-6-7-12(23-11)15(20)19-8-4-3-5-9-19/h6-7H,3-5,8-9,22H2,1-2H3. The highest BCUT2D eigenvalue weighted by molar-refractivity contribution is 7.18. The number of rotatable bonds is 3. The summed E-state index contributed by atoms with van der Waals surface area (Å²) < 4.78 is 19.2. The van der Waals surface area contributed by atoms with Gasteiger partial charge in [-0.25, -0.2) is 4.39 Å². The second-order valence-corrected chi connectivity index (χ2v) is 8.25. The van der Waals surface area contributed by atoms with Crippen molar-refractivity contribution in [3.63, 3.8) is 0 Å². The monoisotopic (exact) mass is 354 g/mol. The molecule has 2 unspecified atom stereocenters. The molecule has 3 heterocycles. The van der Waals surface area contributed by atoms with E-state index < -0.39 is 5.41 Å². The van der Waals surface area contributed by atoms with Crippen LogP contribution in [0.15, 0.2) is 16.7 Å². The Morgan fingerprint density at radius 1 is 1.39 bits per heavy atom. The Kier molecular flexibility index (Phi) is 4.56. The number of thiophene rings is 1. The van der Waals surface area contributed by atoms with Crippen LogP contribution < -0.4 is 0 Å². The van der Waals surface area contributed by atoms with E-state index in [9.17, 15) is 9.18 Å². The van der Waals surface area contributed by atoms with E-state index in [1.165, 1.54) is 24.7 Å².